The van der Waals surface area contributed by atoms with Crippen LogP contribution in [0.4, 0.5) is 20.2 Å². The van der Waals surface area contributed by atoms with E-state index in [4.69, 9.17) is 0 Å². The number of benzene rings is 3. The molecule has 138 valence electrons. The standard InChI is InChI=1S/C22H20F2N2O/c23-18-7-5-16(6-8-18)15-22(27)26-20-11-9-19(10-12-20)25-14-13-17-3-1-2-4-21(17)24/h1-12,25H,13-15H2,(H,26,27). The summed E-state index contributed by atoms with van der Waals surface area (Å²) in [6.45, 7) is 0.608. The van der Waals surface area contributed by atoms with Crippen LogP contribution in [-0.2, 0) is 17.6 Å². The molecule has 0 aliphatic rings. The van der Waals surface area contributed by atoms with Crippen LogP contribution in [0.3, 0.4) is 0 Å². The van der Waals surface area contributed by atoms with Crippen LogP contribution in [0.25, 0.3) is 0 Å². The van der Waals surface area contributed by atoms with E-state index in [1.807, 2.05) is 18.2 Å². The molecule has 0 aliphatic carbocycles. The van der Waals surface area contributed by atoms with Gasteiger partial charge in [0.05, 0.1) is 6.42 Å². The normalized spacial score (nSPS) is 10.4. The molecule has 0 atom stereocenters. The molecule has 0 aliphatic heterocycles. The summed E-state index contributed by atoms with van der Waals surface area (Å²) in [5.74, 6) is -0.683. The van der Waals surface area contributed by atoms with Crippen LogP contribution in [0.1, 0.15) is 11.1 Å². The van der Waals surface area contributed by atoms with Crippen molar-refractivity contribution >= 4 is 17.3 Å². The highest BCUT2D eigenvalue weighted by atomic mass is 19.1. The number of rotatable bonds is 7. The van der Waals surface area contributed by atoms with E-state index >= 15 is 0 Å². The van der Waals surface area contributed by atoms with E-state index in [0.29, 0.717) is 24.2 Å². The minimum atomic E-state index is -0.322. The van der Waals surface area contributed by atoms with Crippen LogP contribution in [-0.4, -0.2) is 12.5 Å². The summed E-state index contributed by atoms with van der Waals surface area (Å²) in [6, 6.07) is 19.9. The maximum absolute atomic E-state index is 13.6. The van der Waals surface area contributed by atoms with Crippen molar-refractivity contribution in [1.82, 2.24) is 0 Å². The molecule has 0 fully saturated rings. The lowest BCUT2D eigenvalue weighted by Gasteiger charge is -2.09. The number of carbonyl (C=O) groups excluding carboxylic acids is 1. The minimum absolute atomic E-state index is 0.165. The maximum Gasteiger partial charge on any atom is 0.228 e. The molecule has 0 saturated carbocycles. The monoisotopic (exact) mass is 366 g/mol. The third-order valence-electron chi connectivity index (χ3n) is 4.13. The van der Waals surface area contributed by atoms with Crippen molar-refractivity contribution in [3.63, 3.8) is 0 Å². The molecule has 0 unspecified atom stereocenters. The zero-order valence-electron chi connectivity index (χ0n) is 14.7. The summed E-state index contributed by atoms with van der Waals surface area (Å²) < 4.78 is 26.5. The fourth-order valence-electron chi connectivity index (χ4n) is 2.71. The van der Waals surface area contributed by atoms with Gasteiger partial charge in [0.25, 0.3) is 0 Å². The molecule has 0 aromatic heterocycles. The summed E-state index contributed by atoms with van der Waals surface area (Å²) in [7, 11) is 0. The van der Waals surface area contributed by atoms with E-state index < -0.39 is 0 Å². The largest absolute Gasteiger partial charge is 0.385 e. The Morgan fingerprint density at radius 1 is 0.815 bits per heavy atom. The van der Waals surface area contributed by atoms with Crippen LogP contribution in [0.2, 0.25) is 0 Å². The Kier molecular flexibility index (Phi) is 6.15. The number of anilines is 2. The summed E-state index contributed by atoms with van der Waals surface area (Å²) in [5.41, 5.74) is 3.00. The highest BCUT2D eigenvalue weighted by molar-refractivity contribution is 5.92. The molecule has 0 heterocycles. The van der Waals surface area contributed by atoms with Gasteiger partial charge in [0.2, 0.25) is 5.91 Å². The molecule has 3 rings (SSSR count). The number of hydrogen-bond donors (Lipinski definition) is 2. The fraction of sp³-hybridized carbons (Fsp3) is 0.136. The molecule has 0 radical (unpaired) electrons. The van der Waals surface area contributed by atoms with E-state index in [2.05, 4.69) is 10.6 Å². The average molecular weight is 366 g/mol. The number of amides is 1. The van der Waals surface area contributed by atoms with Gasteiger partial charge in [-0.25, -0.2) is 8.78 Å². The van der Waals surface area contributed by atoms with Gasteiger partial charge in [0, 0.05) is 17.9 Å². The fourth-order valence-corrected chi connectivity index (χ4v) is 2.71. The molecular weight excluding hydrogens is 346 g/mol. The van der Waals surface area contributed by atoms with E-state index in [9.17, 15) is 13.6 Å². The summed E-state index contributed by atoms with van der Waals surface area (Å²) in [5, 5.41) is 6.04. The molecule has 3 aromatic carbocycles. The Hall–Kier alpha value is -3.21. The highest BCUT2D eigenvalue weighted by Crippen LogP contribution is 2.15. The Bertz CT molecular complexity index is 893. The molecule has 1 amide bonds. The van der Waals surface area contributed by atoms with E-state index in [-0.39, 0.29) is 24.0 Å². The van der Waals surface area contributed by atoms with Gasteiger partial charge < -0.3 is 10.6 Å². The van der Waals surface area contributed by atoms with E-state index in [1.54, 1.807) is 36.4 Å². The Morgan fingerprint density at radius 2 is 1.48 bits per heavy atom. The van der Waals surface area contributed by atoms with Gasteiger partial charge in [-0.2, -0.15) is 0 Å². The van der Waals surface area contributed by atoms with E-state index in [1.165, 1.54) is 18.2 Å². The first-order chi connectivity index (χ1) is 13.1. The second-order valence-electron chi connectivity index (χ2n) is 6.20. The summed E-state index contributed by atoms with van der Waals surface area (Å²) in [6.07, 6.45) is 0.770. The highest BCUT2D eigenvalue weighted by Gasteiger charge is 2.05. The van der Waals surface area contributed by atoms with Crippen molar-refractivity contribution < 1.29 is 13.6 Å². The van der Waals surface area contributed by atoms with Crippen LogP contribution >= 0.6 is 0 Å². The van der Waals surface area contributed by atoms with Crippen molar-refractivity contribution in [3.8, 4) is 0 Å². The van der Waals surface area contributed by atoms with Gasteiger partial charge >= 0.3 is 0 Å². The first kappa shape index (κ1) is 18.6. The lowest BCUT2D eigenvalue weighted by atomic mass is 10.1. The van der Waals surface area contributed by atoms with Crippen molar-refractivity contribution in [1.29, 1.82) is 0 Å². The van der Waals surface area contributed by atoms with Crippen molar-refractivity contribution in [2.75, 3.05) is 17.2 Å². The lowest BCUT2D eigenvalue weighted by molar-refractivity contribution is -0.115. The van der Waals surface area contributed by atoms with Gasteiger partial charge in [-0.1, -0.05) is 30.3 Å². The number of halogens is 2. The zero-order chi connectivity index (χ0) is 19.1. The van der Waals surface area contributed by atoms with Crippen LogP contribution in [0, 0.1) is 11.6 Å². The molecule has 27 heavy (non-hydrogen) atoms. The van der Waals surface area contributed by atoms with Crippen LogP contribution in [0.15, 0.2) is 72.8 Å². The van der Waals surface area contributed by atoms with Crippen molar-refractivity contribution in [2.45, 2.75) is 12.8 Å². The molecule has 0 saturated heterocycles. The smallest absolute Gasteiger partial charge is 0.228 e. The first-order valence-corrected chi connectivity index (χ1v) is 8.72. The topological polar surface area (TPSA) is 41.1 Å². The quantitative estimate of drug-likeness (QED) is 0.631. The summed E-state index contributed by atoms with van der Waals surface area (Å²) in [4.78, 5) is 12.1. The second kappa shape index (κ2) is 8.94. The summed E-state index contributed by atoms with van der Waals surface area (Å²) >= 11 is 0. The van der Waals surface area contributed by atoms with Crippen molar-refractivity contribution in [3.05, 3.63) is 95.6 Å². The van der Waals surface area contributed by atoms with Crippen LogP contribution < -0.4 is 10.6 Å². The van der Waals surface area contributed by atoms with Gasteiger partial charge in [0.15, 0.2) is 0 Å². The Balaban J connectivity index is 1.47. The predicted octanol–water partition coefficient (Wildman–Crippen LogP) is 4.80. The average Bonchev–Trinajstić information content (AvgIpc) is 2.66. The van der Waals surface area contributed by atoms with Gasteiger partial charge in [-0.15, -0.1) is 0 Å². The molecule has 3 nitrogen and oxygen atoms in total. The molecule has 0 spiro atoms. The predicted molar refractivity (Wildman–Crippen MR) is 104 cm³/mol. The molecular formula is C22H20F2N2O. The molecule has 2 N–H and O–H groups in total. The first-order valence-electron chi connectivity index (χ1n) is 8.72. The van der Waals surface area contributed by atoms with Gasteiger partial charge in [-0.05, 0) is 60.0 Å². The maximum atomic E-state index is 13.6. The Morgan fingerprint density at radius 3 is 2.19 bits per heavy atom. The van der Waals surface area contributed by atoms with Crippen molar-refractivity contribution in [2.24, 2.45) is 0 Å². The minimum Gasteiger partial charge on any atom is -0.385 e. The number of carbonyl (C=O) groups is 1. The van der Waals surface area contributed by atoms with Crippen LogP contribution in [0.5, 0.6) is 0 Å². The Labute approximate surface area is 157 Å². The second-order valence-corrected chi connectivity index (χ2v) is 6.20. The molecule has 5 heteroatoms. The molecule has 0 bridgehead atoms. The third-order valence-corrected chi connectivity index (χ3v) is 4.13. The number of nitrogens with one attached hydrogen (secondary N) is 2. The zero-order valence-corrected chi connectivity index (χ0v) is 14.7. The van der Waals surface area contributed by atoms with Gasteiger partial charge in [-0.3, -0.25) is 4.79 Å². The van der Waals surface area contributed by atoms with E-state index in [0.717, 1.165) is 11.3 Å². The third kappa shape index (κ3) is 5.64. The lowest BCUT2D eigenvalue weighted by Crippen LogP contribution is -2.14. The SMILES string of the molecule is O=C(Cc1ccc(F)cc1)Nc1ccc(NCCc2ccccc2F)cc1. The molecule has 3 aromatic rings. The number of hydrogen-bond acceptors (Lipinski definition) is 2. The van der Waals surface area contributed by atoms with Gasteiger partial charge in [0.1, 0.15) is 11.6 Å².